The van der Waals surface area contributed by atoms with Gasteiger partial charge in [-0.1, -0.05) is 24.8 Å². The molecule has 4 heteroatoms. The number of hydrogen-bond acceptors (Lipinski definition) is 4. The third kappa shape index (κ3) is 3.51. The van der Waals surface area contributed by atoms with Crippen molar-refractivity contribution in [2.45, 2.75) is 44.7 Å². The second-order valence-electron chi connectivity index (χ2n) is 8.76. The van der Waals surface area contributed by atoms with Crippen molar-refractivity contribution in [3.05, 3.63) is 47.2 Å². The number of nitrogens with one attached hydrogen (secondary N) is 2. The summed E-state index contributed by atoms with van der Waals surface area (Å²) in [4.78, 5) is 2.32. The van der Waals surface area contributed by atoms with E-state index in [0.717, 1.165) is 37.2 Å². The monoisotopic (exact) mass is 340 g/mol. The lowest BCUT2D eigenvalue weighted by Gasteiger charge is -2.30. The highest BCUT2D eigenvalue weighted by molar-refractivity contribution is 5.77. The van der Waals surface area contributed by atoms with Crippen molar-refractivity contribution < 1.29 is 0 Å². The zero-order valence-corrected chi connectivity index (χ0v) is 16.0. The number of fused-ring (bicyclic) bond motifs is 1. The lowest BCUT2D eigenvalue weighted by Crippen LogP contribution is -2.42. The molecule has 1 aromatic carbocycles. The van der Waals surface area contributed by atoms with Gasteiger partial charge in [0.2, 0.25) is 0 Å². The Hall–Kier alpha value is -1.65. The summed E-state index contributed by atoms with van der Waals surface area (Å²) in [6.45, 7) is 13.0. The van der Waals surface area contributed by atoms with Crippen molar-refractivity contribution in [3.8, 4) is 0 Å². The fourth-order valence-electron chi connectivity index (χ4n) is 4.58. The van der Waals surface area contributed by atoms with Gasteiger partial charge in [-0.25, -0.2) is 0 Å². The van der Waals surface area contributed by atoms with Gasteiger partial charge in [0.05, 0.1) is 0 Å². The Bertz CT molecular complexity index is 693. The molecule has 1 heterocycles. The van der Waals surface area contributed by atoms with Crippen LogP contribution >= 0.6 is 0 Å². The summed E-state index contributed by atoms with van der Waals surface area (Å²) < 4.78 is 0. The lowest BCUT2D eigenvalue weighted by atomic mass is 9.92. The van der Waals surface area contributed by atoms with Crippen molar-refractivity contribution >= 4 is 6.21 Å². The fourth-order valence-corrected chi connectivity index (χ4v) is 4.58. The molecule has 1 saturated heterocycles. The molecule has 0 spiro atoms. The normalized spacial score (nSPS) is 28.5. The van der Waals surface area contributed by atoms with Crippen LogP contribution in [0, 0.1) is 24.2 Å². The van der Waals surface area contributed by atoms with E-state index in [9.17, 15) is 0 Å². The predicted octanol–water partition coefficient (Wildman–Crippen LogP) is 2.70. The molecule has 1 saturated carbocycles. The Kier molecular flexibility index (Phi) is 4.54. The Morgan fingerprint density at radius 3 is 2.80 bits per heavy atom. The Morgan fingerprint density at radius 2 is 2.24 bits per heavy atom. The minimum absolute atomic E-state index is 0.0110. The first kappa shape index (κ1) is 18.2. The quantitative estimate of drug-likeness (QED) is 0.669. The highest BCUT2D eigenvalue weighted by atomic mass is 15.2. The molecule has 2 aliphatic rings. The van der Waals surface area contributed by atoms with E-state index < -0.39 is 0 Å². The number of likely N-dealkylation sites (tertiary alicyclic amines) is 1. The number of nitrogens with zero attached hydrogens (tertiary/aromatic N) is 1. The predicted molar refractivity (Wildman–Crippen MR) is 105 cm³/mol. The smallest absolute Gasteiger partial charge is 0.0418 e. The summed E-state index contributed by atoms with van der Waals surface area (Å²) in [5, 5.41) is 11.0. The molecule has 1 aromatic rings. The number of nitrogens with two attached hydrogens (primary N) is 1. The van der Waals surface area contributed by atoms with Gasteiger partial charge in [-0.2, -0.15) is 0 Å². The third-order valence-electron chi connectivity index (χ3n) is 6.04. The fraction of sp³-hybridized carbons (Fsp3) is 0.571. The molecular formula is C21H32N4. The molecular weight excluding hydrogens is 308 g/mol. The molecule has 1 aliphatic carbocycles. The van der Waals surface area contributed by atoms with Crippen LogP contribution in [0.25, 0.3) is 0 Å². The molecule has 4 nitrogen and oxygen atoms in total. The van der Waals surface area contributed by atoms with E-state index in [1.807, 2.05) is 6.07 Å². The number of aryl methyl sites for hydroxylation is 2. The van der Waals surface area contributed by atoms with E-state index in [4.69, 9.17) is 11.1 Å². The summed E-state index contributed by atoms with van der Waals surface area (Å²) in [5.74, 6) is 0.973. The maximum atomic E-state index is 7.36. The van der Waals surface area contributed by atoms with E-state index >= 15 is 0 Å². The molecule has 0 radical (unpaired) electrons. The van der Waals surface area contributed by atoms with E-state index in [2.05, 4.69) is 56.7 Å². The van der Waals surface area contributed by atoms with Crippen LogP contribution in [0.1, 0.15) is 37.0 Å². The lowest BCUT2D eigenvalue weighted by molar-refractivity contribution is 0.326. The second kappa shape index (κ2) is 6.26. The molecule has 136 valence electrons. The van der Waals surface area contributed by atoms with Gasteiger partial charge in [0.15, 0.2) is 0 Å². The van der Waals surface area contributed by atoms with Crippen molar-refractivity contribution in [3.63, 3.8) is 0 Å². The number of hydrogen-bond donors (Lipinski definition) is 3. The number of benzene rings is 1. The van der Waals surface area contributed by atoms with Gasteiger partial charge in [0.25, 0.3) is 0 Å². The van der Waals surface area contributed by atoms with Crippen LogP contribution in [-0.4, -0.2) is 42.3 Å². The van der Waals surface area contributed by atoms with Crippen LogP contribution in [-0.2, 0) is 6.42 Å². The van der Waals surface area contributed by atoms with E-state index in [1.54, 1.807) is 0 Å². The van der Waals surface area contributed by atoms with Crippen molar-refractivity contribution in [2.24, 2.45) is 17.6 Å². The SMILES string of the molecule is C=C(NC(C)(C)CCc1ccc(C=N)cc1C)C1C2CN(C)CC21N. The van der Waals surface area contributed by atoms with Gasteiger partial charge in [-0.15, -0.1) is 0 Å². The Labute approximate surface area is 152 Å². The largest absolute Gasteiger partial charge is 0.384 e. The topological polar surface area (TPSA) is 65.1 Å². The maximum absolute atomic E-state index is 7.36. The Morgan fingerprint density at radius 1 is 1.52 bits per heavy atom. The second-order valence-corrected chi connectivity index (χ2v) is 8.76. The summed E-state index contributed by atoms with van der Waals surface area (Å²) >= 11 is 0. The molecule has 1 aliphatic heterocycles. The van der Waals surface area contributed by atoms with Crippen molar-refractivity contribution in [1.29, 1.82) is 5.41 Å². The first-order chi connectivity index (χ1) is 11.7. The standard InChI is InChI=1S/C21H32N4/c1-14-10-16(11-22)6-7-17(14)8-9-20(3,4)24-15(2)19-18-12-25(5)13-21(18,19)23/h6-7,10-11,18-19,22,24H,2,8-9,12-13,23H2,1,3-5H3. The molecule has 0 amide bonds. The van der Waals surface area contributed by atoms with Gasteiger partial charge in [0.1, 0.15) is 0 Å². The molecule has 2 fully saturated rings. The molecule has 3 atom stereocenters. The van der Waals surface area contributed by atoms with Crippen LogP contribution in [0.2, 0.25) is 0 Å². The molecule has 0 aromatic heterocycles. The van der Waals surface area contributed by atoms with E-state index in [0.29, 0.717) is 11.8 Å². The van der Waals surface area contributed by atoms with Crippen LogP contribution in [0.3, 0.4) is 0 Å². The zero-order chi connectivity index (χ0) is 18.4. The first-order valence-electron chi connectivity index (χ1n) is 9.21. The molecule has 3 rings (SSSR count). The number of piperidine rings is 1. The zero-order valence-electron chi connectivity index (χ0n) is 16.0. The van der Waals surface area contributed by atoms with Gasteiger partial charge in [-0.3, -0.25) is 0 Å². The maximum Gasteiger partial charge on any atom is 0.0418 e. The number of likely N-dealkylation sites (N-methyl/N-ethyl adjacent to an activating group) is 1. The van der Waals surface area contributed by atoms with Crippen LogP contribution in [0.15, 0.2) is 30.5 Å². The van der Waals surface area contributed by atoms with Crippen LogP contribution in [0.5, 0.6) is 0 Å². The van der Waals surface area contributed by atoms with Gasteiger partial charge >= 0.3 is 0 Å². The average Bonchev–Trinajstić information content (AvgIpc) is 2.95. The molecule has 4 N–H and O–H groups in total. The summed E-state index contributed by atoms with van der Waals surface area (Å²) in [6.07, 6.45) is 3.45. The summed E-state index contributed by atoms with van der Waals surface area (Å²) in [7, 11) is 2.14. The molecule has 3 unspecified atom stereocenters. The number of rotatable bonds is 7. The minimum Gasteiger partial charge on any atom is -0.384 e. The highest BCUT2D eigenvalue weighted by Crippen LogP contribution is 2.56. The molecule has 0 bridgehead atoms. The average molecular weight is 341 g/mol. The van der Waals surface area contributed by atoms with Gasteiger partial charge in [-0.05, 0) is 57.4 Å². The minimum atomic E-state index is -0.0614. The third-order valence-corrected chi connectivity index (χ3v) is 6.04. The van der Waals surface area contributed by atoms with E-state index in [1.165, 1.54) is 17.3 Å². The van der Waals surface area contributed by atoms with Crippen molar-refractivity contribution in [1.82, 2.24) is 10.2 Å². The summed E-state index contributed by atoms with van der Waals surface area (Å²) in [6, 6.07) is 6.26. The summed E-state index contributed by atoms with van der Waals surface area (Å²) in [5.41, 5.74) is 11.2. The van der Waals surface area contributed by atoms with Crippen LogP contribution in [0.4, 0.5) is 0 Å². The first-order valence-corrected chi connectivity index (χ1v) is 9.21. The van der Waals surface area contributed by atoms with Gasteiger partial charge in [0, 0.05) is 47.9 Å². The van der Waals surface area contributed by atoms with Crippen molar-refractivity contribution in [2.75, 3.05) is 20.1 Å². The highest BCUT2D eigenvalue weighted by Gasteiger charge is 2.67. The van der Waals surface area contributed by atoms with Crippen LogP contribution < -0.4 is 11.1 Å². The van der Waals surface area contributed by atoms with E-state index in [-0.39, 0.29) is 11.1 Å². The molecule has 25 heavy (non-hydrogen) atoms. The van der Waals surface area contributed by atoms with Gasteiger partial charge < -0.3 is 21.4 Å². The Balaban J connectivity index is 1.56.